The standard InChI is InChI=1S/C26H38N2O5/c1-5-19-16-21(24(30)31)7-6-20(19)8-11-23(29)27-14-12-18(13-15-27)17-28(22-9-10-22)25(32)33-26(2,3)4/h6-7,16,18,22H,5,8-15,17H2,1-4H3,(H,30,31). The number of carbonyl (C=O) groups is 3. The van der Waals surface area contributed by atoms with Crippen LogP contribution < -0.4 is 0 Å². The molecular formula is C26H38N2O5. The predicted octanol–water partition coefficient (Wildman–Crippen LogP) is 4.52. The highest BCUT2D eigenvalue weighted by molar-refractivity contribution is 5.88. The average molecular weight is 459 g/mol. The second-order valence-electron chi connectivity index (χ2n) is 10.3. The lowest BCUT2D eigenvalue weighted by Crippen LogP contribution is -2.45. The lowest BCUT2D eigenvalue weighted by Gasteiger charge is -2.35. The van der Waals surface area contributed by atoms with Gasteiger partial charge in [0.1, 0.15) is 5.60 Å². The molecule has 7 nitrogen and oxygen atoms in total. The molecule has 0 aromatic heterocycles. The van der Waals surface area contributed by atoms with Gasteiger partial charge in [-0.05, 0) is 88.5 Å². The van der Waals surface area contributed by atoms with E-state index in [-0.39, 0.29) is 17.6 Å². The van der Waals surface area contributed by atoms with Crippen LogP contribution in [0.1, 0.15) is 81.3 Å². The average Bonchev–Trinajstić information content (AvgIpc) is 3.60. The first-order chi connectivity index (χ1) is 15.6. The van der Waals surface area contributed by atoms with Crippen LogP contribution in [-0.4, -0.2) is 64.2 Å². The van der Waals surface area contributed by atoms with Gasteiger partial charge in [0.2, 0.25) is 5.91 Å². The Morgan fingerprint density at radius 3 is 2.30 bits per heavy atom. The summed E-state index contributed by atoms with van der Waals surface area (Å²) in [5.74, 6) is -0.399. The normalized spacial score (nSPS) is 17.0. The van der Waals surface area contributed by atoms with E-state index in [1.54, 1.807) is 12.1 Å². The maximum Gasteiger partial charge on any atom is 0.410 e. The fourth-order valence-electron chi connectivity index (χ4n) is 4.45. The lowest BCUT2D eigenvalue weighted by atomic mass is 9.95. The molecule has 3 rings (SSSR count). The molecule has 1 N–H and O–H groups in total. The van der Waals surface area contributed by atoms with Crippen LogP contribution in [0.2, 0.25) is 0 Å². The molecule has 0 bridgehead atoms. The number of piperidine rings is 1. The van der Waals surface area contributed by atoms with Gasteiger partial charge in [-0.1, -0.05) is 13.0 Å². The molecule has 1 saturated carbocycles. The summed E-state index contributed by atoms with van der Waals surface area (Å²) in [7, 11) is 0. The van der Waals surface area contributed by atoms with Crippen molar-refractivity contribution in [3.8, 4) is 0 Å². The molecule has 7 heteroatoms. The third kappa shape index (κ3) is 7.21. The van der Waals surface area contributed by atoms with E-state index < -0.39 is 11.6 Å². The van der Waals surface area contributed by atoms with E-state index in [1.165, 1.54) is 0 Å². The smallest absolute Gasteiger partial charge is 0.410 e. The van der Waals surface area contributed by atoms with Crippen molar-refractivity contribution in [2.75, 3.05) is 19.6 Å². The van der Waals surface area contributed by atoms with Crippen LogP contribution in [0.4, 0.5) is 4.79 Å². The van der Waals surface area contributed by atoms with Gasteiger partial charge >= 0.3 is 12.1 Å². The number of likely N-dealkylation sites (tertiary alicyclic amines) is 1. The van der Waals surface area contributed by atoms with Crippen molar-refractivity contribution in [2.24, 2.45) is 5.92 Å². The van der Waals surface area contributed by atoms with Gasteiger partial charge in [0.25, 0.3) is 0 Å². The zero-order valence-corrected chi connectivity index (χ0v) is 20.4. The molecule has 33 heavy (non-hydrogen) atoms. The zero-order chi connectivity index (χ0) is 24.2. The van der Waals surface area contributed by atoms with Crippen molar-refractivity contribution in [1.82, 2.24) is 9.80 Å². The highest BCUT2D eigenvalue weighted by Gasteiger charge is 2.37. The number of nitrogens with zero attached hydrogens (tertiary/aromatic N) is 2. The highest BCUT2D eigenvalue weighted by atomic mass is 16.6. The van der Waals surface area contributed by atoms with Crippen molar-refractivity contribution in [3.05, 3.63) is 34.9 Å². The number of amides is 2. The van der Waals surface area contributed by atoms with Crippen LogP contribution >= 0.6 is 0 Å². The Kier molecular flexibility index (Phi) is 8.03. The summed E-state index contributed by atoms with van der Waals surface area (Å²) in [5.41, 5.74) is 1.83. The van der Waals surface area contributed by atoms with Crippen LogP contribution in [0, 0.1) is 5.92 Å². The second-order valence-corrected chi connectivity index (χ2v) is 10.3. The van der Waals surface area contributed by atoms with E-state index >= 15 is 0 Å². The minimum Gasteiger partial charge on any atom is -0.478 e. The van der Waals surface area contributed by atoms with Crippen LogP contribution in [0.25, 0.3) is 0 Å². The fourth-order valence-corrected chi connectivity index (χ4v) is 4.45. The largest absolute Gasteiger partial charge is 0.478 e. The fraction of sp³-hybridized carbons (Fsp3) is 0.654. The lowest BCUT2D eigenvalue weighted by molar-refractivity contribution is -0.132. The van der Waals surface area contributed by atoms with Gasteiger partial charge in [0.05, 0.1) is 5.56 Å². The number of ether oxygens (including phenoxy) is 1. The number of rotatable bonds is 8. The summed E-state index contributed by atoms with van der Waals surface area (Å²) in [4.78, 5) is 40.5. The molecule has 0 spiro atoms. The summed E-state index contributed by atoms with van der Waals surface area (Å²) in [6, 6.07) is 5.47. The van der Waals surface area contributed by atoms with Crippen molar-refractivity contribution in [3.63, 3.8) is 0 Å². The van der Waals surface area contributed by atoms with Crippen LogP contribution in [0.3, 0.4) is 0 Å². The molecule has 1 saturated heterocycles. The molecule has 0 unspecified atom stereocenters. The Hall–Kier alpha value is -2.57. The first-order valence-electron chi connectivity index (χ1n) is 12.2. The Morgan fingerprint density at radius 1 is 1.09 bits per heavy atom. The summed E-state index contributed by atoms with van der Waals surface area (Å²) in [6.45, 7) is 9.82. The minimum absolute atomic E-state index is 0.143. The number of hydrogen-bond donors (Lipinski definition) is 1. The monoisotopic (exact) mass is 458 g/mol. The molecule has 2 amide bonds. The number of carboxylic acids is 1. The number of carbonyl (C=O) groups excluding carboxylic acids is 2. The Balaban J connectivity index is 1.48. The van der Waals surface area contributed by atoms with Gasteiger partial charge in [-0.25, -0.2) is 9.59 Å². The topological polar surface area (TPSA) is 87.2 Å². The van der Waals surface area contributed by atoms with Gasteiger partial charge in [-0.2, -0.15) is 0 Å². The summed E-state index contributed by atoms with van der Waals surface area (Å²) in [6.07, 6.45) is 5.45. The third-order valence-corrected chi connectivity index (χ3v) is 6.48. The first-order valence-corrected chi connectivity index (χ1v) is 12.2. The molecule has 1 aromatic carbocycles. The molecule has 0 atom stereocenters. The Labute approximate surface area is 197 Å². The third-order valence-electron chi connectivity index (χ3n) is 6.48. The van der Waals surface area contributed by atoms with Gasteiger partial charge in [-0.15, -0.1) is 0 Å². The van der Waals surface area contributed by atoms with E-state index in [0.29, 0.717) is 31.3 Å². The molecular weight excluding hydrogens is 420 g/mol. The summed E-state index contributed by atoms with van der Waals surface area (Å²) >= 11 is 0. The van der Waals surface area contributed by atoms with Gasteiger partial charge in [0.15, 0.2) is 0 Å². The van der Waals surface area contributed by atoms with E-state index in [4.69, 9.17) is 4.74 Å². The molecule has 1 aliphatic heterocycles. The van der Waals surface area contributed by atoms with Crippen LogP contribution in [0.15, 0.2) is 18.2 Å². The van der Waals surface area contributed by atoms with Crippen molar-refractivity contribution < 1.29 is 24.2 Å². The summed E-state index contributed by atoms with van der Waals surface area (Å²) < 4.78 is 5.61. The van der Waals surface area contributed by atoms with Crippen molar-refractivity contribution >= 4 is 18.0 Å². The maximum atomic E-state index is 12.8. The molecule has 2 fully saturated rings. The minimum atomic E-state index is -0.929. The molecule has 0 radical (unpaired) electrons. The molecule has 1 aromatic rings. The van der Waals surface area contributed by atoms with Crippen LogP contribution in [-0.2, 0) is 22.4 Å². The highest BCUT2D eigenvalue weighted by Crippen LogP contribution is 2.31. The quantitative estimate of drug-likeness (QED) is 0.619. The first kappa shape index (κ1) is 25.1. The van der Waals surface area contributed by atoms with Gasteiger partial charge < -0.3 is 19.6 Å². The number of hydrogen-bond acceptors (Lipinski definition) is 4. The van der Waals surface area contributed by atoms with E-state index in [9.17, 15) is 19.5 Å². The van der Waals surface area contributed by atoms with E-state index in [1.807, 2.05) is 43.6 Å². The SMILES string of the molecule is CCc1cc(C(=O)O)ccc1CCC(=O)N1CCC(CN(C(=O)OC(C)(C)C)C2CC2)CC1. The number of benzene rings is 1. The maximum absolute atomic E-state index is 12.8. The second kappa shape index (κ2) is 10.6. The Morgan fingerprint density at radius 2 is 1.76 bits per heavy atom. The van der Waals surface area contributed by atoms with Crippen molar-refractivity contribution in [2.45, 2.75) is 84.3 Å². The van der Waals surface area contributed by atoms with E-state index in [2.05, 4.69) is 0 Å². The van der Waals surface area contributed by atoms with Gasteiger partial charge in [0, 0.05) is 32.1 Å². The molecule has 1 heterocycles. The van der Waals surface area contributed by atoms with Crippen molar-refractivity contribution in [1.29, 1.82) is 0 Å². The van der Waals surface area contributed by atoms with Crippen LogP contribution in [0.5, 0.6) is 0 Å². The summed E-state index contributed by atoms with van der Waals surface area (Å²) in [5, 5.41) is 9.18. The van der Waals surface area contributed by atoms with E-state index in [0.717, 1.165) is 56.3 Å². The predicted molar refractivity (Wildman–Crippen MR) is 126 cm³/mol. The van der Waals surface area contributed by atoms with Gasteiger partial charge in [-0.3, -0.25) is 4.79 Å². The molecule has 1 aliphatic carbocycles. The number of aromatic carboxylic acids is 1. The molecule has 2 aliphatic rings. The number of carboxylic acid groups (broad SMARTS) is 1. The zero-order valence-electron chi connectivity index (χ0n) is 20.4. The molecule has 182 valence electrons. The Bertz CT molecular complexity index is 864. The number of aryl methyl sites for hydroxylation is 2.